The van der Waals surface area contributed by atoms with Crippen LogP contribution in [0.2, 0.25) is 0 Å². The molecular formula is C22H29N5O2. The van der Waals surface area contributed by atoms with E-state index in [1.165, 1.54) is 0 Å². The van der Waals surface area contributed by atoms with Crippen LogP contribution in [0.4, 0.5) is 0 Å². The molecule has 2 aromatic rings. The fraction of sp³-hybridized carbons (Fsp3) is 0.500. The van der Waals surface area contributed by atoms with Crippen LogP contribution >= 0.6 is 0 Å². The van der Waals surface area contributed by atoms with Crippen molar-refractivity contribution in [2.24, 2.45) is 0 Å². The summed E-state index contributed by atoms with van der Waals surface area (Å²) in [5, 5.41) is 4.76. The normalized spacial score (nSPS) is 17.8. The number of para-hydroxylation sites is 1. The molecule has 29 heavy (non-hydrogen) atoms. The van der Waals surface area contributed by atoms with Gasteiger partial charge in [-0.2, -0.15) is 5.10 Å². The van der Waals surface area contributed by atoms with E-state index >= 15 is 0 Å². The average Bonchev–Trinajstić information content (AvgIpc) is 3.52. The lowest BCUT2D eigenvalue weighted by Crippen LogP contribution is -2.40. The molecule has 1 aliphatic heterocycles. The summed E-state index contributed by atoms with van der Waals surface area (Å²) < 4.78 is 1.80. The van der Waals surface area contributed by atoms with Gasteiger partial charge in [0.15, 0.2) is 0 Å². The molecule has 0 atom stereocenters. The summed E-state index contributed by atoms with van der Waals surface area (Å²) in [4.78, 5) is 31.1. The summed E-state index contributed by atoms with van der Waals surface area (Å²) in [7, 11) is 3.55. The Labute approximate surface area is 171 Å². The minimum atomic E-state index is 0.0223. The van der Waals surface area contributed by atoms with Crippen LogP contribution in [0.15, 0.2) is 36.4 Å². The lowest BCUT2D eigenvalue weighted by molar-refractivity contribution is -0.129. The van der Waals surface area contributed by atoms with E-state index in [4.69, 9.17) is 5.10 Å². The lowest BCUT2D eigenvalue weighted by Gasteiger charge is -2.23. The summed E-state index contributed by atoms with van der Waals surface area (Å²) in [6, 6.07) is 11.8. The Kier molecular flexibility index (Phi) is 5.67. The zero-order valence-electron chi connectivity index (χ0n) is 17.3. The first kappa shape index (κ1) is 19.6. The molecule has 4 rings (SSSR count). The van der Waals surface area contributed by atoms with Gasteiger partial charge in [0.25, 0.3) is 5.91 Å². The molecule has 1 aromatic carbocycles. The minimum absolute atomic E-state index is 0.0223. The molecule has 2 heterocycles. The first-order valence-electron chi connectivity index (χ1n) is 10.4. The Hall–Kier alpha value is -2.67. The quantitative estimate of drug-likeness (QED) is 0.777. The number of nitrogens with zero attached hydrogens (tertiary/aromatic N) is 5. The van der Waals surface area contributed by atoms with Crippen molar-refractivity contribution >= 4 is 11.8 Å². The molecule has 2 fully saturated rings. The number of rotatable bonds is 5. The maximum absolute atomic E-state index is 13.4. The third-order valence-electron chi connectivity index (χ3n) is 5.68. The van der Waals surface area contributed by atoms with E-state index in [2.05, 4.69) is 4.90 Å². The molecule has 7 heteroatoms. The number of amides is 2. The maximum Gasteiger partial charge on any atom is 0.272 e. The van der Waals surface area contributed by atoms with Gasteiger partial charge < -0.3 is 9.80 Å². The number of hydrogen-bond acceptors (Lipinski definition) is 4. The summed E-state index contributed by atoms with van der Waals surface area (Å²) in [6.45, 7) is 3.26. The molecule has 0 radical (unpaired) electrons. The Bertz CT molecular complexity index is 873. The zero-order chi connectivity index (χ0) is 20.4. The van der Waals surface area contributed by atoms with Crippen LogP contribution < -0.4 is 0 Å². The Morgan fingerprint density at radius 3 is 2.52 bits per heavy atom. The molecule has 7 nitrogen and oxygen atoms in total. The van der Waals surface area contributed by atoms with Crippen molar-refractivity contribution < 1.29 is 9.59 Å². The van der Waals surface area contributed by atoms with Gasteiger partial charge in [0.1, 0.15) is 5.69 Å². The largest absolute Gasteiger partial charge is 0.348 e. The number of carbonyl (C=O) groups is 2. The first-order chi connectivity index (χ1) is 14.0. The Morgan fingerprint density at radius 1 is 1.07 bits per heavy atom. The van der Waals surface area contributed by atoms with Crippen molar-refractivity contribution in [1.82, 2.24) is 24.5 Å². The molecule has 1 saturated heterocycles. The molecule has 0 N–H and O–H groups in total. The van der Waals surface area contributed by atoms with Crippen LogP contribution in [0, 0.1) is 0 Å². The summed E-state index contributed by atoms with van der Waals surface area (Å²) >= 11 is 0. The molecule has 1 saturated carbocycles. The van der Waals surface area contributed by atoms with Gasteiger partial charge in [0.05, 0.1) is 17.9 Å². The van der Waals surface area contributed by atoms with Gasteiger partial charge in [-0.3, -0.25) is 14.5 Å². The second-order valence-corrected chi connectivity index (χ2v) is 8.19. The number of hydrogen-bond donors (Lipinski definition) is 0. The van der Waals surface area contributed by atoms with Crippen molar-refractivity contribution in [1.29, 1.82) is 0 Å². The van der Waals surface area contributed by atoms with E-state index < -0.39 is 0 Å². The van der Waals surface area contributed by atoms with Gasteiger partial charge in [-0.05, 0) is 37.5 Å². The second-order valence-electron chi connectivity index (χ2n) is 8.19. The Balaban J connectivity index is 1.51. The highest BCUT2D eigenvalue weighted by atomic mass is 16.2. The van der Waals surface area contributed by atoms with Gasteiger partial charge in [0.2, 0.25) is 5.91 Å². The highest BCUT2D eigenvalue weighted by Gasteiger charge is 2.31. The summed E-state index contributed by atoms with van der Waals surface area (Å²) in [6.07, 6.45) is 3.16. The molecule has 0 bridgehead atoms. The van der Waals surface area contributed by atoms with Crippen molar-refractivity contribution in [2.75, 3.05) is 46.8 Å². The molecule has 154 valence electrons. The van der Waals surface area contributed by atoms with Crippen molar-refractivity contribution in [3.63, 3.8) is 0 Å². The lowest BCUT2D eigenvalue weighted by atomic mass is 10.2. The van der Waals surface area contributed by atoms with Crippen LogP contribution in [-0.4, -0.2) is 83.1 Å². The standard InChI is InChI=1S/C22H29N5O2/c1-24(2)21(28)16-25-11-6-12-26(14-13-25)22(29)20-15-19(17-9-10-17)23-27(20)18-7-4-3-5-8-18/h3-5,7-8,15,17H,6,9-14,16H2,1-2H3. The van der Waals surface area contributed by atoms with Crippen molar-refractivity contribution in [2.45, 2.75) is 25.2 Å². The molecule has 2 aliphatic rings. The average molecular weight is 396 g/mol. The fourth-order valence-electron chi connectivity index (χ4n) is 3.72. The zero-order valence-corrected chi connectivity index (χ0v) is 17.3. The number of benzene rings is 1. The van der Waals surface area contributed by atoms with Crippen LogP contribution in [0.3, 0.4) is 0 Å². The molecule has 0 spiro atoms. The van der Waals surface area contributed by atoms with E-state index in [0.717, 1.165) is 37.2 Å². The minimum Gasteiger partial charge on any atom is -0.348 e. The van der Waals surface area contributed by atoms with Crippen LogP contribution in [0.1, 0.15) is 41.4 Å². The molecule has 1 aliphatic carbocycles. The van der Waals surface area contributed by atoms with E-state index in [9.17, 15) is 9.59 Å². The molecule has 1 aromatic heterocycles. The highest BCUT2D eigenvalue weighted by Crippen LogP contribution is 2.39. The van der Waals surface area contributed by atoms with Gasteiger partial charge in [-0.25, -0.2) is 4.68 Å². The fourth-order valence-corrected chi connectivity index (χ4v) is 3.72. The molecule has 0 unspecified atom stereocenters. The van der Waals surface area contributed by atoms with E-state index in [1.54, 1.807) is 23.7 Å². The van der Waals surface area contributed by atoms with E-state index in [0.29, 0.717) is 37.8 Å². The van der Waals surface area contributed by atoms with Gasteiger partial charge in [-0.1, -0.05) is 18.2 Å². The predicted molar refractivity (Wildman–Crippen MR) is 111 cm³/mol. The van der Waals surface area contributed by atoms with E-state index in [-0.39, 0.29) is 11.8 Å². The third kappa shape index (κ3) is 4.50. The van der Waals surface area contributed by atoms with E-state index in [1.807, 2.05) is 41.3 Å². The second kappa shape index (κ2) is 8.37. The van der Waals surface area contributed by atoms with Gasteiger partial charge >= 0.3 is 0 Å². The monoisotopic (exact) mass is 395 g/mol. The predicted octanol–water partition coefficient (Wildman–Crippen LogP) is 1.99. The van der Waals surface area contributed by atoms with Crippen molar-refractivity contribution in [3.8, 4) is 5.69 Å². The summed E-state index contributed by atoms with van der Waals surface area (Å²) in [5.74, 6) is 0.609. The van der Waals surface area contributed by atoms with Gasteiger partial charge in [0, 0.05) is 46.2 Å². The first-order valence-corrected chi connectivity index (χ1v) is 10.4. The smallest absolute Gasteiger partial charge is 0.272 e. The Morgan fingerprint density at radius 2 is 1.83 bits per heavy atom. The molecule has 2 amide bonds. The van der Waals surface area contributed by atoms with Gasteiger partial charge in [-0.15, -0.1) is 0 Å². The highest BCUT2D eigenvalue weighted by molar-refractivity contribution is 5.93. The van der Waals surface area contributed by atoms with Crippen LogP contribution in [-0.2, 0) is 4.79 Å². The summed E-state index contributed by atoms with van der Waals surface area (Å²) in [5.41, 5.74) is 2.57. The van der Waals surface area contributed by atoms with Crippen molar-refractivity contribution in [3.05, 3.63) is 47.8 Å². The molecular weight excluding hydrogens is 366 g/mol. The van der Waals surface area contributed by atoms with Crippen LogP contribution in [0.5, 0.6) is 0 Å². The van der Waals surface area contributed by atoms with Crippen LogP contribution in [0.25, 0.3) is 5.69 Å². The third-order valence-corrected chi connectivity index (χ3v) is 5.68. The number of aromatic nitrogens is 2. The topological polar surface area (TPSA) is 61.7 Å². The number of likely N-dealkylation sites (N-methyl/N-ethyl adjacent to an activating group) is 1. The maximum atomic E-state index is 13.4. The SMILES string of the molecule is CN(C)C(=O)CN1CCCN(C(=O)c2cc(C3CC3)nn2-c2ccccc2)CC1. The number of carbonyl (C=O) groups excluding carboxylic acids is 2.